The molecule has 1 aromatic rings. The standard InChI is InChI=1S/C14H16N2O2/c1-9-2-4-12-10(8-9)6-7-16(12)14(18)11-3-5-13(17)15-11/h2,4,8,11H,3,5-7H2,1H3,(H,15,17). The molecule has 1 aromatic carbocycles. The van der Waals surface area contributed by atoms with Crippen LogP contribution in [0.15, 0.2) is 18.2 Å². The first kappa shape index (κ1) is 11.3. The van der Waals surface area contributed by atoms with Crippen LogP contribution >= 0.6 is 0 Å². The summed E-state index contributed by atoms with van der Waals surface area (Å²) < 4.78 is 0. The van der Waals surface area contributed by atoms with Crippen molar-refractivity contribution in [2.45, 2.75) is 32.2 Å². The van der Waals surface area contributed by atoms with E-state index in [-0.39, 0.29) is 17.9 Å². The van der Waals surface area contributed by atoms with Crippen LogP contribution in [0.2, 0.25) is 0 Å². The van der Waals surface area contributed by atoms with Gasteiger partial charge in [-0.1, -0.05) is 17.7 Å². The first-order chi connectivity index (χ1) is 8.65. The number of nitrogens with zero attached hydrogens (tertiary/aromatic N) is 1. The number of carbonyl (C=O) groups excluding carboxylic acids is 2. The fraction of sp³-hybridized carbons (Fsp3) is 0.429. The van der Waals surface area contributed by atoms with Crippen molar-refractivity contribution in [1.29, 1.82) is 0 Å². The SMILES string of the molecule is Cc1ccc2c(c1)CCN2C(=O)C1CCC(=O)N1. The number of anilines is 1. The van der Waals surface area contributed by atoms with E-state index in [1.165, 1.54) is 11.1 Å². The van der Waals surface area contributed by atoms with Crippen LogP contribution in [0.25, 0.3) is 0 Å². The third-order valence-corrected chi connectivity index (χ3v) is 3.69. The predicted molar refractivity (Wildman–Crippen MR) is 68.4 cm³/mol. The van der Waals surface area contributed by atoms with Gasteiger partial charge in [-0.25, -0.2) is 0 Å². The third-order valence-electron chi connectivity index (χ3n) is 3.69. The lowest BCUT2D eigenvalue weighted by atomic mass is 10.1. The third kappa shape index (κ3) is 1.78. The van der Waals surface area contributed by atoms with Crippen LogP contribution in [-0.2, 0) is 16.0 Å². The van der Waals surface area contributed by atoms with Crippen molar-refractivity contribution < 1.29 is 9.59 Å². The number of fused-ring (bicyclic) bond motifs is 1. The Labute approximate surface area is 106 Å². The molecule has 0 saturated carbocycles. The average molecular weight is 244 g/mol. The first-order valence-electron chi connectivity index (χ1n) is 6.35. The predicted octanol–water partition coefficient (Wildman–Crippen LogP) is 1.16. The van der Waals surface area contributed by atoms with E-state index < -0.39 is 0 Å². The summed E-state index contributed by atoms with van der Waals surface area (Å²) in [5.74, 6) is 0.0140. The van der Waals surface area contributed by atoms with E-state index in [0.717, 1.165) is 18.7 Å². The van der Waals surface area contributed by atoms with E-state index in [2.05, 4.69) is 18.3 Å². The molecule has 4 nitrogen and oxygen atoms in total. The highest BCUT2D eigenvalue weighted by atomic mass is 16.2. The van der Waals surface area contributed by atoms with Crippen molar-refractivity contribution >= 4 is 17.5 Å². The quantitative estimate of drug-likeness (QED) is 0.806. The number of nitrogens with one attached hydrogen (secondary N) is 1. The van der Waals surface area contributed by atoms with Gasteiger partial charge in [0.25, 0.3) is 0 Å². The maximum atomic E-state index is 12.4. The zero-order chi connectivity index (χ0) is 12.7. The van der Waals surface area contributed by atoms with Crippen LogP contribution in [0.5, 0.6) is 0 Å². The van der Waals surface area contributed by atoms with E-state index in [9.17, 15) is 9.59 Å². The van der Waals surface area contributed by atoms with Gasteiger partial charge in [-0.05, 0) is 31.4 Å². The largest absolute Gasteiger partial charge is 0.344 e. The Morgan fingerprint density at radius 3 is 2.94 bits per heavy atom. The Bertz CT molecular complexity index is 525. The van der Waals surface area contributed by atoms with Crippen molar-refractivity contribution in [3.63, 3.8) is 0 Å². The fourth-order valence-corrected chi connectivity index (χ4v) is 2.75. The van der Waals surface area contributed by atoms with Crippen LogP contribution in [-0.4, -0.2) is 24.4 Å². The maximum absolute atomic E-state index is 12.4. The molecule has 1 atom stereocenters. The van der Waals surface area contributed by atoms with E-state index >= 15 is 0 Å². The van der Waals surface area contributed by atoms with Crippen LogP contribution in [0.3, 0.4) is 0 Å². The Hall–Kier alpha value is -1.84. The van der Waals surface area contributed by atoms with Gasteiger partial charge in [0.2, 0.25) is 11.8 Å². The molecule has 0 radical (unpaired) electrons. The minimum atomic E-state index is -0.329. The molecule has 0 spiro atoms. The molecule has 2 heterocycles. The van der Waals surface area contributed by atoms with Gasteiger partial charge in [0.1, 0.15) is 6.04 Å². The molecular weight excluding hydrogens is 228 g/mol. The second-order valence-electron chi connectivity index (χ2n) is 5.03. The van der Waals surface area contributed by atoms with E-state index in [0.29, 0.717) is 12.8 Å². The van der Waals surface area contributed by atoms with E-state index in [1.54, 1.807) is 0 Å². The number of amides is 2. The Balaban J connectivity index is 1.83. The molecular formula is C14H16N2O2. The van der Waals surface area contributed by atoms with Crippen molar-refractivity contribution in [3.05, 3.63) is 29.3 Å². The molecule has 0 bridgehead atoms. The van der Waals surface area contributed by atoms with Gasteiger partial charge in [0, 0.05) is 18.7 Å². The Morgan fingerprint density at radius 1 is 1.39 bits per heavy atom. The summed E-state index contributed by atoms with van der Waals surface area (Å²) in [5.41, 5.74) is 3.46. The topological polar surface area (TPSA) is 49.4 Å². The highest BCUT2D eigenvalue weighted by molar-refractivity contribution is 6.02. The smallest absolute Gasteiger partial charge is 0.249 e. The molecule has 18 heavy (non-hydrogen) atoms. The number of rotatable bonds is 1. The molecule has 94 valence electrons. The van der Waals surface area contributed by atoms with Crippen molar-refractivity contribution in [2.75, 3.05) is 11.4 Å². The molecule has 3 rings (SSSR count). The van der Waals surface area contributed by atoms with Crippen molar-refractivity contribution in [3.8, 4) is 0 Å². The number of carbonyl (C=O) groups is 2. The molecule has 1 saturated heterocycles. The molecule has 2 aliphatic heterocycles. The monoisotopic (exact) mass is 244 g/mol. The number of hydrogen-bond donors (Lipinski definition) is 1. The number of benzene rings is 1. The molecule has 2 amide bonds. The zero-order valence-electron chi connectivity index (χ0n) is 10.4. The Kier molecular flexibility index (Phi) is 2.58. The molecule has 2 aliphatic rings. The van der Waals surface area contributed by atoms with E-state index in [1.807, 2.05) is 17.0 Å². The van der Waals surface area contributed by atoms with Crippen molar-refractivity contribution in [1.82, 2.24) is 5.32 Å². The molecule has 1 fully saturated rings. The van der Waals surface area contributed by atoms with Crippen LogP contribution in [0.4, 0.5) is 5.69 Å². The minimum absolute atomic E-state index is 0.0170. The summed E-state index contributed by atoms with van der Waals surface area (Å²) in [6.07, 6.45) is 1.99. The summed E-state index contributed by atoms with van der Waals surface area (Å²) in [6, 6.07) is 5.84. The molecule has 0 aliphatic carbocycles. The van der Waals surface area contributed by atoms with Gasteiger partial charge in [0.05, 0.1) is 0 Å². The van der Waals surface area contributed by atoms with Crippen LogP contribution < -0.4 is 10.2 Å². The van der Waals surface area contributed by atoms with Crippen LogP contribution in [0, 0.1) is 6.92 Å². The van der Waals surface area contributed by atoms with Crippen LogP contribution in [0.1, 0.15) is 24.0 Å². The lowest BCUT2D eigenvalue weighted by Crippen LogP contribution is -2.43. The lowest BCUT2D eigenvalue weighted by molar-refractivity contribution is -0.124. The summed E-state index contributed by atoms with van der Waals surface area (Å²) >= 11 is 0. The summed E-state index contributed by atoms with van der Waals surface area (Å²) in [5, 5.41) is 2.74. The summed E-state index contributed by atoms with van der Waals surface area (Å²) in [6.45, 7) is 2.78. The van der Waals surface area contributed by atoms with Gasteiger partial charge in [-0.15, -0.1) is 0 Å². The van der Waals surface area contributed by atoms with Gasteiger partial charge in [0.15, 0.2) is 0 Å². The summed E-state index contributed by atoms with van der Waals surface area (Å²) in [7, 11) is 0. The summed E-state index contributed by atoms with van der Waals surface area (Å²) in [4.78, 5) is 25.3. The maximum Gasteiger partial charge on any atom is 0.249 e. The number of hydrogen-bond acceptors (Lipinski definition) is 2. The highest BCUT2D eigenvalue weighted by Crippen LogP contribution is 2.30. The average Bonchev–Trinajstić information content (AvgIpc) is 2.94. The number of aryl methyl sites for hydroxylation is 1. The minimum Gasteiger partial charge on any atom is -0.344 e. The molecule has 1 N–H and O–H groups in total. The van der Waals surface area contributed by atoms with Gasteiger partial charge < -0.3 is 10.2 Å². The molecule has 0 aromatic heterocycles. The van der Waals surface area contributed by atoms with Gasteiger partial charge in [-0.3, -0.25) is 9.59 Å². The lowest BCUT2D eigenvalue weighted by Gasteiger charge is -2.21. The van der Waals surface area contributed by atoms with E-state index in [4.69, 9.17) is 0 Å². The second-order valence-corrected chi connectivity index (χ2v) is 5.03. The first-order valence-corrected chi connectivity index (χ1v) is 6.35. The van der Waals surface area contributed by atoms with Gasteiger partial charge in [-0.2, -0.15) is 0 Å². The zero-order valence-corrected chi connectivity index (χ0v) is 10.4. The molecule has 4 heteroatoms. The normalized spacial score (nSPS) is 21.9. The van der Waals surface area contributed by atoms with Crippen molar-refractivity contribution in [2.24, 2.45) is 0 Å². The van der Waals surface area contributed by atoms with Gasteiger partial charge >= 0.3 is 0 Å². The Morgan fingerprint density at radius 2 is 2.22 bits per heavy atom. The molecule has 1 unspecified atom stereocenters. The highest BCUT2D eigenvalue weighted by Gasteiger charge is 2.34. The fourth-order valence-electron chi connectivity index (χ4n) is 2.75. The second kappa shape index (κ2) is 4.12.